The van der Waals surface area contributed by atoms with Crippen molar-refractivity contribution >= 4 is 25.8 Å². The predicted octanol–water partition coefficient (Wildman–Crippen LogP) is 2.53. The standard InChI is InChI=1S/C19H18F3NO6S2/c20-19(21,22)15-3-1-2-13(10-15)11-29-18(24)14-4-6-17(7-5-14)31(27,28)23-16-8-9-30(25,26)12-16/h1-7,10,16,23H,8-9,11-12H2. The first-order valence-corrected chi connectivity index (χ1v) is 12.3. The highest BCUT2D eigenvalue weighted by atomic mass is 32.2. The Hall–Kier alpha value is -2.44. The van der Waals surface area contributed by atoms with E-state index in [2.05, 4.69) is 4.72 Å². The van der Waals surface area contributed by atoms with Gasteiger partial charge >= 0.3 is 12.1 Å². The molecule has 1 aliphatic heterocycles. The molecule has 1 saturated heterocycles. The summed E-state index contributed by atoms with van der Waals surface area (Å²) in [7, 11) is -7.24. The third-order valence-electron chi connectivity index (χ3n) is 4.58. The van der Waals surface area contributed by atoms with E-state index in [1.54, 1.807) is 0 Å². The number of ether oxygens (including phenoxy) is 1. The van der Waals surface area contributed by atoms with Gasteiger partial charge in [0.05, 0.1) is 27.5 Å². The number of nitrogens with one attached hydrogen (secondary N) is 1. The zero-order valence-corrected chi connectivity index (χ0v) is 17.6. The number of halogens is 3. The second-order valence-electron chi connectivity index (χ2n) is 7.02. The third-order valence-corrected chi connectivity index (χ3v) is 7.88. The summed E-state index contributed by atoms with van der Waals surface area (Å²) in [5.41, 5.74) is -0.703. The van der Waals surface area contributed by atoms with E-state index in [-0.39, 0.29) is 40.6 Å². The lowest BCUT2D eigenvalue weighted by atomic mass is 10.1. The highest BCUT2D eigenvalue weighted by Gasteiger charge is 2.32. The van der Waals surface area contributed by atoms with E-state index in [4.69, 9.17) is 4.74 Å². The third kappa shape index (κ3) is 6.05. The molecule has 3 rings (SSSR count). The van der Waals surface area contributed by atoms with Crippen molar-refractivity contribution in [2.45, 2.75) is 30.1 Å². The van der Waals surface area contributed by atoms with E-state index in [0.717, 1.165) is 24.3 Å². The Bertz CT molecular complexity index is 1180. The van der Waals surface area contributed by atoms with Gasteiger partial charge in [0.15, 0.2) is 9.84 Å². The summed E-state index contributed by atoms with van der Waals surface area (Å²) >= 11 is 0. The van der Waals surface area contributed by atoms with Crippen molar-refractivity contribution in [2.75, 3.05) is 11.5 Å². The van der Waals surface area contributed by atoms with Crippen LogP contribution < -0.4 is 4.72 Å². The van der Waals surface area contributed by atoms with Crippen LogP contribution >= 0.6 is 0 Å². The maximum atomic E-state index is 12.7. The van der Waals surface area contributed by atoms with Crippen LogP contribution in [0.4, 0.5) is 13.2 Å². The average Bonchev–Trinajstić information content (AvgIpc) is 3.03. The molecule has 168 valence electrons. The lowest BCUT2D eigenvalue weighted by molar-refractivity contribution is -0.137. The van der Waals surface area contributed by atoms with E-state index in [9.17, 15) is 34.8 Å². The number of carbonyl (C=O) groups excluding carboxylic acids is 1. The number of rotatable bonds is 6. The Morgan fingerprint density at radius 3 is 2.39 bits per heavy atom. The Balaban J connectivity index is 1.62. The minimum absolute atomic E-state index is 0.00868. The molecule has 1 heterocycles. The molecule has 1 N–H and O–H groups in total. The maximum absolute atomic E-state index is 12.7. The van der Waals surface area contributed by atoms with Crippen LogP contribution in [0.3, 0.4) is 0 Å². The van der Waals surface area contributed by atoms with Crippen molar-refractivity contribution in [2.24, 2.45) is 0 Å². The molecule has 0 spiro atoms. The Morgan fingerprint density at radius 2 is 1.81 bits per heavy atom. The van der Waals surface area contributed by atoms with Gasteiger partial charge in [0, 0.05) is 6.04 Å². The Kier molecular flexibility index (Phi) is 6.44. The van der Waals surface area contributed by atoms with Gasteiger partial charge in [-0.3, -0.25) is 0 Å². The van der Waals surface area contributed by atoms with Gasteiger partial charge in [-0.2, -0.15) is 13.2 Å². The molecule has 31 heavy (non-hydrogen) atoms. The highest BCUT2D eigenvalue weighted by molar-refractivity contribution is 7.92. The Labute approximate surface area is 177 Å². The van der Waals surface area contributed by atoms with Crippen molar-refractivity contribution in [3.8, 4) is 0 Å². The van der Waals surface area contributed by atoms with Crippen molar-refractivity contribution in [1.82, 2.24) is 4.72 Å². The maximum Gasteiger partial charge on any atom is 0.416 e. The molecule has 2 aromatic rings. The van der Waals surface area contributed by atoms with Gasteiger partial charge in [-0.15, -0.1) is 0 Å². The summed E-state index contributed by atoms with van der Waals surface area (Å²) in [5.74, 6) is -1.19. The van der Waals surface area contributed by atoms with Crippen LogP contribution in [0.25, 0.3) is 0 Å². The smallest absolute Gasteiger partial charge is 0.416 e. The molecule has 0 aliphatic carbocycles. The zero-order valence-electron chi connectivity index (χ0n) is 15.9. The van der Waals surface area contributed by atoms with Crippen molar-refractivity contribution in [1.29, 1.82) is 0 Å². The van der Waals surface area contributed by atoms with Gasteiger partial charge in [0.1, 0.15) is 6.61 Å². The first-order valence-electron chi connectivity index (χ1n) is 9.02. The number of esters is 1. The van der Waals surface area contributed by atoms with Crippen molar-refractivity contribution < 1.29 is 39.5 Å². The summed E-state index contributed by atoms with van der Waals surface area (Å²) in [4.78, 5) is 12.0. The molecule has 0 amide bonds. The quantitative estimate of drug-likeness (QED) is 0.641. The molecule has 12 heteroatoms. The fourth-order valence-corrected chi connectivity index (χ4v) is 6.06. The molecular formula is C19H18F3NO6S2. The minimum Gasteiger partial charge on any atom is -0.457 e. The van der Waals surface area contributed by atoms with Gasteiger partial charge in [-0.05, 0) is 48.4 Å². The second kappa shape index (κ2) is 8.60. The van der Waals surface area contributed by atoms with E-state index in [0.29, 0.717) is 0 Å². The van der Waals surface area contributed by atoms with E-state index >= 15 is 0 Å². The van der Waals surface area contributed by atoms with Crippen LogP contribution in [0.15, 0.2) is 53.4 Å². The van der Waals surface area contributed by atoms with Gasteiger partial charge in [-0.25, -0.2) is 26.4 Å². The van der Waals surface area contributed by atoms with Crippen molar-refractivity contribution in [3.63, 3.8) is 0 Å². The minimum atomic E-state index is -4.52. The van der Waals surface area contributed by atoms with Gasteiger partial charge < -0.3 is 4.74 Å². The van der Waals surface area contributed by atoms with Gasteiger partial charge in [-0.1, -0.05) is 12.1 Å². The first-order chi connectivity index (χ1) is 14.4. The monoisotopic (exact) mass is 477 g/mol. The molecule has 1 unspecified atom stereocenters. The molecule has 0 radical (unpaired) electrons. The summed E-state index contributed by atoms with van der Waals surface area (Å²) < 4.78 is 93.3. The number of sulfonamides is 1. The number of hydrogen-bond donors (Lipinski definition) is 1. The lowest BCUT2D eigenvalue weighted by Gasteiger charge is -2.12. The number of hydrogen-bond acceptors (Lipinski definition) is 6. The topological polar surface area (TPSA) is 107 Å². The highest BCUT2D eigenvalue weighted by Crippen LogP contribution is 2.29. The van der Waals surface area contributed by atoms with Crippen LogP contribution in [0.5, 0.6) is 0 Å². The molecule has 0 aromatic heterocycles. The fourth-order valence-electron chi connectivity index (χ4n) is 3.02. The number of benzene rings is 2. The number of carbonyl (C=O) groups is 1. The molecular weight excluding hydrogens is 459 g/mol. The van der Waals surface area contributed by atoms with E-state index in [1.165, 1.54) is 24.3 Å². The van der Waals surface area contributed by atoms with Crippen molar-refractivity contribution in [3.05, 3.63) is 65.2 Å². The molecule has 1 aliphatic rings. The van der Waals surface area contributed by atoms with Crippen LogP contribution in [0, 0.1) is 0 Å². The normalized spacial score (nSPS) is 18.6. The Morgan fingerprint density at radius 1 is 1.13 bits per heavy atom. The van der Waals surface area contributed by atoms with Crippen LogP contribution in [0.1, 0.15) is 27.9 Å². The summed E-state index contributed by atoms with van der Waals surface area (Å²) in [6.45, 7) is -0.388. The molecule has 2 aromatic carbocycles. The predicted molar refractivity (Wildman–Crippen MR) is 104 cm³/mol. The first kappa shape index (κ1) is 23.2. The average molecular weight is 477 g/mol. The number of alkyl halides is 3. The summed E-state index contributed by atoms with van der Waals surface area (Å²) in [6.07, 6.45) is -4.33. The van der Waals surface area contributed by atoms with Gasteiger partial charge in [0.25, 0.3) is 0 Å². The summed E-state index contributed by atoms with van der Waals surface area (Å²) in [6, 6.07) is 8.37. The second-order valence-corrected chi connectivity index (χ2v) is 11.0. The molecule has 0 bridgehead atoms. The molecule has 1 atom stereocenters. The lowest BCUT2D eigenvalue weighted by Crippen LogP contribution is -2.35. The van der Waals surface area contributed by atoms with E-state index < -0.39 is 43.6 Å². The number of sulfone groups is 1. The van der Waals surface area contributed by atoms with Gasteiger partial charge in [0.2, 0.25) is 10.0 Å². The molecule has 7 nitrogen and oxygen atoms in total. The molecule has 0 saturated carbocycles. The summed E-state index contributed by atoms with van der Waals surface area (Å²) in [5, 5.41) is 0. The zero-order chi connectivity index (χ0) is 22.9. The van der Waals surface area contributed by atoms with Crippen LogP contribution in [0.2, 0.25) is 0 Å². The largest absolute Gasteiger partial charge is 0.457 e. The SMILES string of the molecule is O=C(OCc1cccc(C(F)(F)F)c1)c1ccc(S(=O)(=O)NC2CCS(=O)(=O)C2)cc1. The fraction of sp³-hybridized carbons (Fsp3) is 0.316. The van der Waals surface area contributed by atoms with Crippen LogP contribution in [-0.4, -0.2) is 40.4 Å². The van der Waals surface area contributed by atoms with Crippen LogP contribution in [-0.2, 0) is 37.4 Å². The molecule has 1 fully saturated rings. The van der Waals surface area contributed by atoms with E-state index in [1.807, 2.05) is 0 Å².